The van der Waals surface area contributed by atoms with Gasteiger partial charge in [0.05, 0.1) is 13.3 Å². The molecule has 0 amide bonds. The average Bonchev–Trinajstić information content (AvgIpc) is 2.66. The lowest BCUT2D eigenvalue weighted by molar-refractivity contribution is -0.361. The van der Waals surface area contributed by atoms with E-state index < -0.39 is 18.1 Å². The number of nitrogens with one attached hydrogen (secondary N) is 1. The molecule has 0 radical (unpaired) electrons. The Morgan fingerprint density at radius 2 is 1.74 bits per heavy atom. The van der Waals surface area contributed by atoms with Gasteiger partial charge in [0.1, 0.15) is 6.61 Å². The number of alkyl halides is 7. The number of halogens is 9. The van der Waals surface area contributed by atoms with Gasteiger partial charge in [-0.2, -0.15) is 35.8 Å². The highest BCUT2D eigenvalue weighted by Gasteiger charge is 2.73. The van der Waals surface area contributed by atoms with E-state index in [1.165, 1.54) is 19.2 Å². The molecule has 0 heterocycles. The molecule has 4 nitrogen and oxygen atoms in total. The SMILES string of the molecule is COc1cc(Br)cc(/C=N\NC(F)(F)C(F)(F)C(F)(F)F)c1OCc1ccccc1Cl. The third-order valence-electron chi connectivity index (χ3n) is 3.76. The second-order valence-corrected chi connectivity index (χ2v) is 7.25. The molecule has 31 heavy (non-hydrogen) atoms. The number of methoxy groups -OCH3 is 1. The van der Waals surface area contributed by atoms with Crippen molar-refractivity contribution in [2.75, 3.05) is 7.11 Å². The van der Waals surface area contributed by atoms with Crippen LogP contribution in [0.1, 0.15) is 11.1 Å². The van der Waals surface area contributed by atoms with E-state index in [1.807, 2.05) is 0 Å². The molecule has 0 saturated carbocycles. The molecule has 0 spiro atoms. The summed E-state index contributed by atoms with van der Waals surface area (Å²) in [7, 11) is 1.28. The van der Waals surface area contributed by atoms with Crippen LogP contribution >= 0.6 is 27.5 Å². The molecule has 1 N–H and O–H groups in total. The van der Waals surface area contributed by atoms with Gasteiger partial charge in [-0.15, -0.1) is 0 Å². The largest absolute Gasteiger partial charge is 0.493 e. The lowest BCUT2D eigenvalue weighted by atomic mass is 10.2. The summed E-state index contributed by atoms with van der Waals surface area (Å²) in [4.78, 5) is 0. The van der Waals surface area contributed by atoms with Gasteiger partial charge >= 0.3 is 18.1 Å². The summed E-state index contributed by atoms with van der Waals surface area (Å²) in [6.45, 7) is -0.0890. The maximum Gasteiger partial charge on any atom is 0.462 e. The molecular formula is C18H13BrClF7N2O2. The van der Waals surface area contributed by atoms with Crippen molar-refractivity contribution >= 4 is 33.7 Å². The van der Waals surface area contributed by atoms with Crippen LogP contribution in [0.25, 0.3) is 0 Å². The molecule has 0 unspecified atom stereocenters. The second-order valence-electron chi connectivity index (χ2n) is 5.92. The van der Waals surface area contributed by atoms with Crippen molar-refractivity contribution in [3.8, 4) is 11.5 Å². The zero-order valence-corrected chi connectivity index (χ0v) is 17.8. The Labute approximate surface area is 185 Å². The first kappa shape index (κ1) is 25.1. The van der Waals surface area contributed by atoms with Crippen molar-refractivity contribution in [2.24, 2.45) is 5.10 Å². The Kier molecular flexibility index (Phi) is 7.69. The maximum atomic E-state index is 13.4. The minimum atomic E-state index is -6.48. The summed E-state index contributed by atoms with van der Waals surface area (Å²) >= 11 is 9.17. The van der Waals surface area contributed by atoms with Crippen LogP contribution < -0.4 is 14.9 Å². The van der Waals surface area contributed by atoms with Crippen molar-refractivity contribution in [2.45, 2.75) is 24.8 Å². The number of hydrazone groups is 1. The molecule has 2 aromatic rings. The van der Waals surface area contributed by atoms with Crippen LogP contribution in [0.3, 0.4) is 0 Å². The van der Waals surface area contributed by atoms with Crippen molar-refractivity contribution in [3.63, 3.8) is 0 Å². The Balaban J connectivity index is 2.31. The number of hydrogen-bond donors (Lipinski definition) is 1. The molecule has 2 rings (SSSR count). The first-order valence-corrected chi connectivity index (χ1v) is 9.33. The highest BCUT2D eigenvalue weighted by atomic mass is 79.9. The van der Waals surface area contributed by atoms with E-state index in [1.54, 1.807) is 24.3 Å². The van der Waals surface area contributed by atoms with Crippen molar-refractivity contribution in [3.05, 3.63) is 57.0 Å². The van der Waals surface area contributed by atoms with Crippen LogP contribution in [-0.2, 0) is 6.61 Å². The average molecular weight is 538 g/mol. The fraction of sp³-hybridized carbons (Fsp3) is 0.278. The molecule has 0 aliphatic heterocycles. The van der Waals surface area contributed by atoms with Gasteiger partial charge in [0.15, 0.2) is 11.5 Å². The molecule has 13 heteroatoms. The molecule has 0 fully saturated rings. The smallest absolute Gasteiger partial charge is 0.462 e. The number of nitrogens with zero attached hydrogens (tertiary/aromatic N) is 1. The van der Waals surface area contributed by atoms with Gasteiger partial charge < -0.3 is 9.47 Å². The molecule has 2 aromatic carbocycles. The van der Waals surface area contributed by atoms with Gasteiger partial charge in [0.2, 0.25) is 0 Å². The molecular weight excluding hydrogens is 525 g/mol. The van der Waals surface area contributed by atoms with E-state index in [4.69, 9.17) is 21.1 Å². The van der Waals surface area contributed by atoms with Crippen molar-refractivity contribution in [1.82, 2.24) is 5.43 Å². The van der Waals surface area contributed by atoms with E-state index in [0.717, 1.165) is 0 Å². The van der Waals surface area contributed by atoms with E-state index in [2.05, 4.69) is 21.0 Å². The molecule has 0 aliphatic rings. The Morgan fingerprint density at radius 3 is 2.32 bits per heavy atom. The van der Waals surface area contributed by atoms with Gasteiger partial charge in [-0.05, 0) is 18.2 Å². The van der Waals surface area contributed by atoms with Crippen LogP contribution in [0.4, 0.5) is 30.7 Å². The normalized spacial score (nSPS) is 12.8. The van der Waals surface area contributed by atoms with Gasteiger partial charge in [-0.1, -0.05) is 45.7 Å². The van der Waals surface area contributed by atoms with Crippen LogP contribution in [0.15, 0.2) is 46.0 Å². The molecule has 0 aliphatic carbocycles. The Morgan fingerprint density at radius 1 is 1.10 bits per heavy atom. The summed E-state index contributed by atoms with van der Waals surface area (Å²) in [5.41, 5.74) is 1.06. The fourth-order valence-electron chi connectivity index (χ4n) is 2.19. The second kappa shape index (κ2) is 9.51. The Bertz CT molecular complexity index is 955. The van der Waals surface area contributed by atoms with E-state index in [0.29, 0.717) is 26.7 Å². The lowest BCUT2D eigenvalue weighted by Gasteiger charge is -2.27. The highest BCUT2D eigenvalue weighted by Crippen LogP contribution is 2.45. The van der Waals surface area contributed by atoms with Crippen LogP contribution in [0.5, 0.6) is 11.5 Å². The maximum absolute atomic E-state index is 13.4. The van der Waals surface area contributed by atoms with E-state index in [9.17, 15) is 30.7 Å². The molecule has 0 bridgehead atoms. The van der Waals surface area contributed by atoms with Crippen molar-refractivity contribution < 1.29 is 40.2 Å². The standard InChI is InChI=1S/C18H13BrClF7N2O2/c1-30-14-7-12(19)6-11(15(14)31-9-10-4-2-3-5-13(10)20)8-28-29-18(26,27)16(21,22)17(23,24)25/h2-8,29H,9H2,1H3/b28-8-. The predicted molar refractivity (Wildman–Crippen MR) is 103 cm³/mol. The number of hydrogen-bond acceptors (Lipinski definition) is 4. The summed E-state index contributed by atoms with van der Waals surface area (Å²) in [5, 5.41) is 3.23. The monoisotopic (exact) mass is 536 g/mol. The summed E-state index contributed by atoms with van der Waals surface area (Å²) in [6, 6.07) is 3.70. The fourth-order valence-corrected chi connectivity index (χ4v) is 2.83. The van der Waals surface area contributed by atoms with Crippen molar-refractivity contribution in [1.29, 1.82) is 0 Å². The molecule has 0 atom stereocenters. The highest BCUT2D eigenvalue weighted by molar-refractivity contribution is 9.10. The first-order chi connectivity index (χ1) is 14.3. The van der Waals surface area contributed by atoms with Crippen LogP contribution in [0, 0.1) is 0 Å². The lowest BCUT2D eigenvalue weighted by Crippen LogP contribution is -2.58. The first-order valence-electron chi connectivity index (χ1n) is 8.16. The number of rotatable bonds is 8. The minimum absolute atomic E-state index is 0.0398. The quantitative estimate of drug-likeness (QED) is 0.183. The summed E-state index contributed by atoms with van der Waals surface area (Å²) in [6.07, 6.45) is -5.89. The molecule has 0 aromatic heterocycles. The number of ether oxygens (including phenoxy) is 2. The van der Waals surface area contributed by atoms with E-state index in [-0.39, 0.29) is 23.7 Å². The van der Waals surface area contributed by atoms with Gasteiger partial charge in [0, 0.05) is 20.6 Å². The third-order valence-corrected chi connectivity index (χ3v) is 4.58. The molecule has 0 saturated heterocycles. The molecule has 170 valence electrons. The summed E-state index contributed by atoms with van der Waals surface area (Å²) < 4.78 is 100. The zero-order chi connectivity index (χ0) is 23.4. The van der Waals surface area contributed by atoms with Crippen LogP contribution in [-0.4, -0.2) is 31.5 Å². The Hall–Kier alpha value is -2.21. The van der Waals surface area contributed by atoms with Crippen LogP contribution in [0.2, 0.25) is 5.02 Å². The van der Waals surface area contributed by atoms with E-state index >= 15 is 0 Å². The van der Waals surface area contributed by atoms with Gasteiger partial charge in [-0.3, -0.25) is 0 Å². The van der Waals surface area contributed by atoms with Gasteiger partial charge in [0.25, 0.3) is 0 Å². The topological polar surface area (TPSA) is 42.8 Å². The van der Waals surface area contributed by atoms with Gasteiger partial charge in [-0.25, -0.2) is 5.43 Å². The minimum Gasteiger partial charge on any atom is -0.493 e. The zero-order valence-electron chi connectivity index (χ0n) is 15.4. The number of benzene rings is 2. The third kappa shape index (κ3) is 5.73. The predicted octanol–water partition coefficient (Wildman–Crippen LogP) is 6.40. The summed E-state index contributed by atoms with van der Waals surface area (Å²) in [5.74, 6) is -6.28.